The summed E-state index contributed by atoms with van der Waals surface area (Å²) in [5, 5.41) is 10.4. The van der Waals surface area contributed by atoms with Crippen molar-refractivity contribution in [1.82, 2.24) is 19.9 Å². The van der Waals surface area contributed by atoms with E-state index in [2.05, 4.69) is 34.6 Å². The van der Waals surface area contributed by atoms with E-state index in [1.54, 1.807) is 12.1 Å². The average molecular weight is 609 g/mol. The molecular weight excluding hydrogens is 577 g/mol. The normalized spacial score (nSPS) is 21.1. The molecule has 0 spiro atoms. The zero-order valence-corrected chi connectivity index (χ0v) is 23.3. The van der Waals surface area contributed by atoms with Gasteiger partial charge in [-0.05, 0) is 87.0 Å². The summed E-state index contributed by atoms with van der Waals surface area (Å²) in [6, 6.07) is 11.1. The van der Waals surface area contributed by atoms with Crippen molar-refractivity contribution in [1.29, 1.82) is 0 Å². The molecule has 226 valence electrons. The molecule has 2 aromatic heterocycles. The molecule has 1 aliphatic carbocycles. The molecule has 1 saturated carbocycles. The Bertz CT molecular complexity index is 1410. The molecule has 3 N–H and O–H groups in total. The highest BCUT2D eigenvalue weighted by Gasteiger charge is 2.37. The Balaban J connectivity index is 0.00000129. The van der Waals surface area contributed by atoms with Crippen molar-refractivity contribution in [3.8, 4) is 5.75 Å². The standard InChI is InChI=1S/C26H29F3N6O3S.CH2O2/c27-26(28,29)38-20-5-3-4-18(14-20)19-6-8-22(23(15-19)35-12-1-2-13-35)33-24-9-7-21(16-31-24)39(36,37)34-25-10-11-30-17-32-25;2-1-3/h3-5,7,9-11,14,16-17,19,22-23H,1-2,6,8,12-13,15H2,(H,31,33)(H,30,32,34);1H,(H,2,3)/t19-,22-,23-;/m0./s1. The molecule has 1 aliphatic heterocycles. The fourth-order valence-corrected chi connectivity index (χ4v) is 6.38. The van der Waals surface area contributed by atoms with Gasteiger partial charge in [-0.1, -0.05) is 12.1 Å². The molecule has 11 nitrogen and oxygen atoms in total. The minimum Gasteiger partial charge on any atom is -0.483 e. The van der Waals surface area contributed by atoms with Crippen molar-refractivity contribution in [3.05, 3.63) is 66.7 Å². The number of nitrogens with zero attached hydrogens (tertiary/aromatic N) is 4. The third-order valence-corrected chi connectivity index (χ3v) is 8.53. The molecule has 0 amide bonds. The number of benzene rings is 1. The zero-order chi connectivity index (χ0) is 30.2. The van der Waals surface area contributed by atoms with Gasteiger partial charge in [-0.3, -0.25) is 14.4 Å². The summed E-state index contributed by atoms with van der Waals surface area (Å²) in [4.78, 5) is 22.8. The number of rotatable bonds is 8. The van der Waals surface area contributed by atoms with E-state index >= 15 is 0 Å². The van der Waals surface area contributed by atoms with Crippen molar-refractivity contribution >= 4 is 28.1 Å². The van der Waals surface area contributed by atoms with Gasteiger partial charge in [-0.15, -0.1) is 13.2 Å². The summed E-state index contributed by atoms with van der Waals surface area (Å²) in [5.74, 6) is 0.613. The second-order valence-corrected chi connectivity index (χ2v) is 11.6. The maximum atomic E-state index is 12.7. The predicted molar refractivity (Wildman–Crippen MR) is 147 cm³/mol. The first-order valence-electron chi connectivity index (χ1n) is 13.3. The molecular formula is C27H31F3N6O5S. The number of carboxylic acid groups (broad SMARTS) is 1. The lowest BCUT2D eigenvalue weighted by atomic mass is 9.78. The maximum Gasteiger partial charge on any atom is 0.573 e. The lowest BCUT2D eigenvalue weighted by molar-refractivity contribution is -0.274. The van der Waals surface area contributed by atoms with E-state index in [4.69, 9.17) is 9.90 Å². The molecule has 3 heterocycles. The number of ether oxygens (including phenoxy) is 1. The van der Waals surface area contributed by atoms with Gasteiger partial charge in [-0.25, -0.2) is 23.4 Å². The van der Waals surface area contributed by atoms with Crippen LogP contribution in [0.5, 0.6) is 5.75 Å². The van der Waals surface area contributed by atoms with Gasteiger partial charge in [0, 0.05) is 24.5 Å². The highest BCUT2D eigenvalue weighted by atomic mass is 32.2. The first-order chi connectivity index (χ1) is 20.1. The van der Waals surface area contributed by atoms with Crippen LogP contribution < -0.4 is 14.8 Å². The van der Waals surface area contributed by atoms with Crippen molar-refractivity contribution in [2.24, 2.45) is 0 Å². The number of nitrogens with one attached hydrogen (secondary N) is 2. The van der Waals surface area contributed by atoms with E-state index in [1.807, 2.05) is 6.07 Å². The van der Waals surface area contributed by atoms with Crippen molar-refractivity contribution in [3.63, 3.8) is 0 Å². The van der Waals surface area contributed by atoms with E-state index in [-0.39, 0.29) is 40.9 Å². The van der Waals surface area contributed by atoms with Crippen molar-refractivity contribution in [2.75, 3.05) is 23.1 Å². The van der Waals surface area contributed by atoms with Crippen molar-refractivity contribution in [2.45, 2.75) is 61.4 Å². The van der Waals surface area contributed by atoms with E-state index < -0.39 is 16.4 Å². The van der Waals surface area contributed by atoms with Crippen LogP contribution in [0.2, 0.25) is 0 Å². The smallest absolute Gasteiger partial charge is 0.483 e. The quantitative estimate of drug-likeness (QED) is 0.313. The Morgan fingerprint density at radius 3 is 2.45 bits per heavy atom. The van der Waals surface area contributed by atoms with Gasteiger partial charge in [0.05, 0.1) is 0 Å². The highest BCUT2D eigenvalue weighted by Crippen LogP contribution is 2.39. The monoisotopic (exact) mass is 608 g/mol. The topological polar surface area (TPSA) is 147 Å². The summed E-state index contributed by atoms with van der Waals surface area (Å²) in [7, 11) is -3.86. The fraction of sp³-hybridized carbons (Fsp3) is 0.407. The molecule has 3 aromatic rings. The van der Waals surface area contributed by atoms with Crippen LogP contribution in [0.3, 0.4) is 0 Å². The molecule has 0 radical (unpaired) electrons. The molecule has 1 aromatic carbocycles. The summed E-state index contributed by atoms with van der Waals surface area (Å²) in [6.07, 6.45) is 3.82. The molecule has 0 unspecified atom stereocenters. The molecule has 42 heavy (non-hydrogen) atoms. The number of alkyl halides is 3. The lowest BCUT2D eigenvalue weighted by Gasteiger charge is -2.42. The minimum atomic E-state index is -4.73. The Morgan fingerprint density at radius 1 is 1.05 bits per heavy atom. The molecule has 5 rings (SSSR count). The third-order valence-electron chi connectivity index (χ3n) is 7.19. The molecule has 0 bridgehead atoms. The maximum absolute atomic E-state index is 12.7. The predicted octanol–water partition coefficient (Wildman–Crippen LogP) is 4.48. The van der Waals surface area contributed by atoms with Crippen molar-refractivity contribution < 1.29 is 36.2 Å². The average Bonchev–Trinajstić information content (AvgIpc) is 3.49. The Morgan fingerprint density at radius 2 is 1.81 bits per heavy atom. The van der Waals surface area contributed by atoms with Gasteiger partial charge in [0.1, 0.15) is 28.6 Å². The number of hydrogen-bond donors (Lipinski definition) is 3. The fourth-order valence-electron chi connectivity index (χ4n) is 5.42. The molecule has 3 atom stereocenters. The largest absolute Gasteiger partial charge is 0.573 e. The van der Waals surface area contributed by atoms with E-state index in [9.17, 15) is 21.6 Å². The zero-order valence-electron chi connectivity index (χ0n) is 22.4. The molecule has 15 heteroatoms. The SMILES string of the molecule is O=CO.O=S(=O)(Nc1ccncn1)c1ccc(N[C@H]2CC[C@H](c3cccc(OC(F)(F)F)c3)C[C@@H]2N2CCCC2)nc1. The number of sulfonamides is 1. The van der Waals surface area contributed by atoms with Crippen LogP contribution in [0.15, 0.2) is 66.1 Å². The molecule has 2 aliphatic rings. The second kappa shape index (κ2) is 13.8. The van der Waals surface area contributed by atoms with E-state index in [1.165, 1.54) is 43.0 Å². The van der Waals surface area contributed by atoms with Crippen LogP contribution in [0.1, 0.15) is 43.6 Å². The number of carbonyl (C=O) groups is 1. The lowest BCUT2D eigenvalue weighted by Crippen LogP contribution is -2.49. The molecule has 2 fully saturated rings. The summed E-state index contributed by atoms with van der Waals surface area (Å²) in [6.45, 7) is 1.68. The summed E-state index contributed by atoms with van der Waals surface area (Å²) < 4.78 is 70.2. The van der Waals surface area contributed by atoms with Crippen LogP contribution in [0.4, 0.5) is 24.8 Å². The Labute approximate surface area is 241 Å². The minimum absolute atomic E-state index is 0.00687. The van der Waals surface area contributed by atoms with Gasteiger partial charge >= 0.3 is 6.36 Å². The van der Waals surface area contributed by atoms with Crippen LogP contribution in [0, 0.1) is 0 Å². The number of hydrogen-bond acceptors (Lipinski definition) is 9. The number of aromatic nitrogens is 3. The van der Waals surface area contributed by atoms with Gasteiger partial charge < -0.3 is 15.2 Å². The Hall–Kier alpha value is -3.98. The van der Waals surface area contributed by atoms with E-state index in [0.29, 0.717) is 5.82 Å². The first-order valence-corrected chi connectivity index (χ1v) is 14.8. The van der Waals surface area contributed by atoms with Gasteiger partial charge in [-0.2, -0.15) is 0 Å². The Kier molecular flexibility index (Phi) is 10.2. The van der Waals surface area contributed by atoms with Gasteiger partial charge in [0.25, 0.3) is 16.5 Å². The number of likely N-dealkylation sites (tertiary alicyclic amines) is 1. The summed E-state index contributed by atoms with van der Waals surface area (Å²) >= 11 is 0. The summed E-state index contributed by atoms with van der Waals surface area (Å²) in [5.41, 5.74) is 0.836. The third kappa shape index (κ3) is 8.52. The van der Waals surface area contributed by atoms with E-state index in [0.717, 1.165) is 50.8 Å². The number of halogens is 3. The number of anilines is 2. The highest BCUT2D eigenvalue weighted by molar-refractivity contribution is 7.92. The second-order valence-electron chi connectivity index (χ2n) is 9.88. The van der Waals surface area contributed by atoms with Gasteiger partial charge in [0.15, 0.2) is 0 Å². The van der Waals surface area contributed by atoms with Crippen LogP contribution in [-0.2, 0) is 14.8 Å². The molecule has 1 saturated heterocycles. The first kappa shape index (κ1) is 31.0. The van der Waals surface area contributed by atoms with Crippen LogP contribution in [-0.4, -0.2) is 71.4 Å². The van der Waals surface area contributed by atoms with Crippen LogP contribution in [0.25, 0.3) is 0 Å². The van der Waals surface area contributed by atoms with Crippen LogP contribution >= 0.6 is 0 Å². The van der Waals surface area contributed by atoms with Gasteiger partial charge in [0.2, 0.25) is 0 Å². The number of pyridine rings is 1.